The molecule has 0 radical (unpaired) electrons. The van der Waals surface area contributed by atoms with Gasteiger partial charge in [-0.2, -0.15) is 0 Å². The maximum atomic E-state index is 5.90. The number of nitrogens with two attached hydrogens (primary N) is 1. The van der Waals surface area contributed by atoms with Crippen molar-refractivity contribution in [3.8, 4) is 0 Å². The standard InChI is InChI=1S/C12H18BrN3O/c1-7(2)11-10(13)12(14)16-9(15-11)5-8-3-4-17-6-8/h7-8H,3-6H2,1-2H3,(H2,14,15,16). The van der Waals surface area contributed by atoms with Gasteiger partial charge >= 0.3 is 0 Å². The van der Waals surface area contributed by atoms with Crippen LogP contribution >= 0.6 is 15.9 Å². The Labute approximate surface area is 110 Å². The zero-order valence-corrected chi connectivity index (χ0v) is 11.8. The molecule has 1 unspecified atom stereocenters. The van der Waals surface area contributed by atoms with Crippen LogP contribution in [0.25, 0.3) is 0 Å². The molecular formula is C12H18BrN3O. The Balaban J connectivity index is 2.22. The Morgan fingerprint density at radius 2 is 2.24 bits per heavy atom. The second-order valence-electron chi connectivity index (χ2n) is 4.81. The minimum Gasteiger partial charge on any atom is -0.383 e. The van der Waals surface area contributed by atoms with E-state index >= 15 is 0 Å². The molecule has 1 aromatic rings. The Morgan fingerprint density at radius 1 is 1.47 bits per heavy atom. The van der Waals surface area contributed by atoms with Gasteiger partial charge in [-0.3, -0.25) is 0 Å². The average molecular weight is 300 g/mol. The van der Waals surface area contributed by atoms with Crippen molar-refractivity contribution >= 4 is 21.7 Å². The number of ether oxygens (including phenoxy) is 1. The number of hydrogen-bond acceptors (Lipinski definition) is 4. The molecule has 0 amide bonds. The smallest absolute Gasteiger partial charge is 0.141 e. The van der Waals surface area contributed by atoms with Gasteiger partial charge in [0, 0.05) is 19.6 Å². The minimum absolute atomic E-state index is 0.341. The first-order valence-corrected chi connectivity index (χ1v) is 6.76. The Morgan fingerprint density at radius 3 is 2.82 bits per heavy atom. The SMILES string of the molecule is CC(C)c1nc(CC2CCOC2)nc(N)c1Br. The summed E-state index contributed by atoms with van der Waals surface area (Å²) in [6.45, 7) is 5.88. The second kappa shape index (κ2) is 5.31. The molecule has 1 atom stereocenters. The summed E-state index contributed by atoms with van der Waals surface area (Å²) in [5, 5.41) is 0. The molecule has 0 aromatic carbocycles. The topological polar surface area (TPSA) is 61.0 Å². The van der Waals surface area contributed by atoms with Crippen LogP contribution in [0.5, 0.6) is 0 Å². The minimum atomic E-state index is 0.341. The summed E-state index contributed by atoms with van der Waals surface area (Å²) in [4.78, 5) is 8.95. The van der Waals surface area contributed by atoms with Crippen molar-refractivity contribution < 1.29 is 4.74 Å². The maximum absolute atomic E-state index is 5.90. The van der Waals surface area contributed by atoms with Gasteiger partial charge in [-0.15, -0.1) is 0 Å². The Hall–Kier alpha value is -0.680. The number of nitrogens with zero attached hydrogens (tertiary/aromatic N) is 2. The summed E-state index contributed by atoms with van der Waals surface area (Å²) in [6.07, 6.45) is 1.95. The van der Waals surface area contributed by atoms with Crippen LogP contribution in [0, 0.1) is 5.92 Å². The van der Waals surface area contributed by atoms with Crippen LogP contribution in [-0.2, 0) is 11.2 Å². The fourth-order valence-electron chi connectivity index (χ4n) is 2.01. The molecule has 0 saturated carbocycles. The molecule has 1 fully saturated rings. The van der Waals surface area contributed by atoms with Crippen LogP contribution in [-0.4, -0.2) is 23.2 Å². The lowest BCUT2D eigenvalue weighted by atomic mass is 10.0. The lowest BCUT2D eigenvalue weighted by molar-refractivity contribution is 0.185. The number of hydrogen-bond donors (Lipinski definition) is 1. The van der Waals surface area contributed by atoms with Crippen molar-refractivity contribution in [3.05, 3.63) is 16.0 Å². The summed E-state index contributed by atoms with van der Waals surface area (Å²) in [6, 6.07) is 0. The van der Waals surface area contributed by atoms with E-state index in [9.17, 15) is 0 Å². The number of rotatable bonds is 3. The van der Waals surface area contributed by atoms with E-state index in [-0.39, 0.29) is 0 Å². The van der Waals surface area contributed by atoms with E-state index in [2.05, 4.69) is 39.7 Å². The molecule has 17 heavy (non-hydrogen) atoms. The number of halogens is 1. The molecule has 1 saturated heterocycles. The fraction of sp³-hybridized carbons (Fsp3) is 0.667. The molecule has 1 aliphatic rings. The van der Waals surface area contributed by atoms with Crippen LogP contribution in [0.1, 0.15) is 37.7 Å². The van der Waals surface area contributed by atoms with Crippen LogP contribution in [0.15, 0.2) is 4.47 Å². The Kier molecular flexibility index (Phi) is 3.99. The summed E-state index contributed by atoms with van der Waals surface area (Å²) in [7, 11) is 0. The first-order chi connectivity index (χ1) is 8.08. The van der Waals surface area contributed by atoms with E-state index in [1.54, 1.807) is 0 Å². The van der Waals surface area contributed by atoms with Gasteiger partial charge in [0.15, 0.2) is 0 Å². The van der Waals surface area contributed by atoms with Crippen molar-refractivity contribution in [2.45, 2.75) is 32.6 Å². The normalized spacial score (nSPS) is 20.1. The third-order valence-electron chi connectivity index (χ3n) is 2.99. The maximum Gasteiger partial charge on any atom is 0.141 e. The lowest BCUT2D eigenvalue weighted by Gasteiger charge is -2.13. The van der Waals surface area contributed by atoms with Crippen molar-refractivity contribution in [2.75, 3.05) is 18.9 Å². The zero-order valence-electron chi connectivity index (χ0n) is 10.2. The van der Waals surface area contributed by atoms with Gasteiger partial charge in [0.1, 0.15) is 11.6 Å². The average Bonchev–Trinajstić information content (AvgIpc) is 2.75. The molecule has 1 aliphatic heterocycles. The van der Waals surface area contributed by atoms with Gasteiger partial charge in [0.2, 0.25) is 0 Å². The number of anilines is 1. The molecule has 94 valence electrons. The molecule has 0 spiro atoms. The van der Waals surface area contributed by atoms with Crippen molar-refractivity contribution in [1.29, 1.82) is 0 Å². The molecule has 5 heteroatoms. The zero-order chi connectivity index (χ0) is 12.4. The van der Waals surface area contributed by atoms with E-state index < -0.39 is 0 Å². The summed E-state index contributed by atoms with van der Waals surface area (Å²) < 4.78 is 6.20. The van der Waals surface area contributed by atoms with Crippen LogP contribution in [0.3, 0.4) is 0 Å². The fourth-order valence-corrected chi connectivity index (χ4v) is 2.64. The van der Waals surface area contributed by atoms with Gasteiger partial charge < -0.3 is 10.5 Å². The lowest BCUT2D eigenvalue weighted by Crippen LogP contribution is -2.11. The van der Waals surface area contributed by atoms with Gasteiger partial charge in [0.05, 0.1) is 10.2 Å². The van der Waals surface area contributed by atoms with Crippen LogP contribution < -0.4 is 5.73 Å². The number of aromatic nitrogens is 2. The van der Waals surface area contributed by atoms with Crippen molar-refractivity contribution in [2.24, 2.45) is 5.92 Å². The summed E-state index contributed by atoms with van der Waals surface area (Å²) in [5.74, 6) is 2.26. The molecule has 2 rings (SSSR count). The van der Waals surface area contributed by atoms with Gasteiger partial charge in [0.25, 0.3) is 0 Å². The Bertz CT molecular complexity index is 403. The highest BCUT2D eigenvalue weighted by atomic mass is 79.9. The summed E-state index contributed by atoms with van der Waals surface area (Å²) >= 11 is 3.45. The van der Waals surface area contributed by atoms with Gasteiger partial charge in [-0.25, -0.2) is 9.97 Å². The third kappa shape index (κ3) is 2.96. The van der Waals surface area contributed by atoms with E-state index in [4.69, 9.17) is 10.5 Å². The third-order valence-corrected chi connectivity index (χ3v) is 3.80. The molecule has 0 bridgehead atoms. The molecule has 2 heterocycles. The first kappa shape index (κ1) is 12.8. The molecule has 1 aromatic heterocycles. The van der Waals surface area contributed by atoms with Gasteiger partial charge in [-0.1, -0.05) is 13.8 Å². The van der Waals surface area contributed by atoms with Crippen LogP contribution in [0.4, 0.5) is 5.82 Å². The highest BCUT2D eigenvalue weighted by Gasteiger charge is 2.19. The molecule has 2 N–H and O–H groups in total. The quantitative estimate of drug-likeness (QED) is 0.932. The van der Waals surface area contributed by atoms with Crippen LogP contribution in [0.2, 0.25) is 0 Å². The summed E-state index contributed by atoms with van der Waals surface area (Å²) in [5.41, 5.74) is 6.90. The van der Waals surface area contributed by atoms with E-state index in [1.165, 1.54) is 0 Å². The van der Waals surface area contributed by atoms with E-state index in [0.29, 0.717) is 17.7 Å². The highest BCUT2D eigenvalue weighted by Crippen LogP contribution is 2.28. The highest BCUT2D eigenvalue weighted by molar-refractivity contribution is 9.10. The predicted molar refractivity (Wildman–Crippen MR) is 70.9 cm³/mol. The monoisotopic (exact) mass is 299 g/mol. The largest absolute Gasteiger partial charge is 0.383 e. The second-order valence-corrected chi connectivity index (χ2v) is 5.61. The van der Waals surface area contributed by atoms with E-state index in [1.807, 2.05) is 0 Å². The first-order valence-electron chi connectivity index (χ1n) is 5.97. The molecule has 0 aliphatic carbocycles. The molecule has 4 nitrogen and oxygen atoms in total. The van der Waals surface area contributed by atoms with Gasteiger partial charge in [-0.05, 0) is 34.2 Å². The van der Waals surface area contributed by atoms with Crippen molar-refractivity contribution in [1.82, 2.24) is 9.97 Å². The molecular weight excluding hydrogens is 282 g/mol. The van der Waals surface area contributed by atoms with Crippen molar-refractivity contribution in [3.63, 3.8) is 0 Å². The predicted octanol–water partition coefficient (Wildman–Crippen LogP) is 2.52. The van der Waals surface area contributed by atoms with E-state index in [0.717, 1.165) is 42.0 Å². The number of nitrogen functional groups attached to an aromatic ring is 1.